The predicted molar refractivity (Wildman–Crippen MR) is 100 cm³/mol. The molecule has 3 heteroatoms. The molecule has 2 aromatic carbocycles. The van der Waals surface area contributed by atoms with Gasteiger partial charge in [-0.05, 0) is 24.5 Å². The molecular formula is C21H22BrNO. The highest BCUT2D eigenvalue weighted by molar-refractivity contribution is 9.10. The second-order valence-corrected chi connectivity index (χ2v) is 7.74. The molecule has 0 radical (unpaired) electrons. The summed E-state index contributed by atoms with van der Waals surface area (Å²) >= 11 is 3.55. The van der Waals surface area contributed by atoms with Crippen molar-refractivity contribution in [3.63, 3.8) is 0 Å². The SMILES string of the molecule is O=C(c1ccccc1Br)[C@@H]1[C@H](c2ccccc2)N1C1CCCCC1. The number of rotatable bonds is 4. The molecule has 1 saturated carbocycles. The number of hydrogen-bond donors (Lipinski definition) is 0. The zero-order valence-corrected chi connectivity index (χ0v) is 15.3. The lowest BCUT2D eigenvalue weighted by atomic mass is 9.95. The summed E-state index contributed by atoms with van der Waals surface area (Å²) in [6, 6.07) is 19.1. The van der Waals surface area contributed by atoms with Crippen molar-refractivity contribution < 1.29 is 4.79 Å². The average molecular weight is 384 g/mol. The lowest BCUT2D eigenvalue weighted by Crippen LogP contribution is -2.26. The summed E-state index contributed by atoms with van der Waals surface area (Å²) in [5, 5.41) is 0. The van der Waals surface area contributed by atoms with Gasteiger partial charge in [-0.15, -0.1) is 0 Å². The van der Waals surface area contributed by atoms with E-state index in [1.54, 1.807) is 0 Å². The van der Waals surface area contributed by atoms with Gasteiger partial charge in [0.1, 0.15) is 0 Å². The van der Waals surface area contributed by atoms with Crippen molar-refractivity contribution in [3.05, 3.63) is 70.2 Å². The normalized spacial score (nSPS) is 27.0. The third kappa shape index (κ3) is 2.96. The van der Waals surface area contributed by atoms with Crippen LogP contribution in [0.2, 0.25) is 0 Å². The van der Waals surface area contributed by atoms with Gasteiger partial charge in [-0.25, -0.2) is 0 Å². The molecule has 3 atom stereocenters. The topological polar surface area (TPSA) is 20.1 Å². The fourth-order valence-electron chi connectivity index (χ4n) is 4.19. The molecule has 0 aromatic heterocycles. The fourth-order valence-corrected chi connectivity index (χ4v) is 4.67. The standard InChI is InChI=1S/C21H22BrNO/c22-18-14-8-7-13-17(18)21(24)20-19(15-9-3-1-4-10-15)23(20)16-11-5-2-6-12-16/h1,3-4,7-10,13-14,16,19-20H,2,5-6,11-12H2/t19-,20-,23?/m0/s1. The minimum atomic E-state index is -0.00537. The van der Waals surface area contributed by atoms with E-state index in [9.17, 15) is 4.79 Å². The van der Waals surface area contributed by atoms with Crippen LogP contribution in [0.25, 0.3) is 0 Å². The summed E-state index contributed by atoms with van der Waals surface area (Å²) in [6.07, 6.45) is 6.37. The van der Waals surface area contributed by atoms with Crippen LogP contribution in [0.15, 0.2) is 59.1 Å². The summed E-state index contributed by atoms with van der Waals surface area (Å²) < 4.78 is 0.900. The van der Waals surface area contributed by atoms with E-state index in [0.29, 0.717) is 6.04 Å². The lowest BCUT2D eigenvalue weighted by Gasteiger charge is -2.24. The molecule has 24 heavy (non-hydrogen) atoms. The number of nitrogens with zero attached hydrogens (tertiary/aromatic N) is 1. The highest BCUT2D eigenvalue weighted by Gasteiger charge is 2.56. The summed E-state index contributed by atoms with van der Waals surface area (Å²) in [7, 11) is 0. The Morgan fingerprint density at radius 1 is 0.917 bits per heavy atom. The summed E-state index contributed by atoms with van der Waals surface area (Å²) in [5.74, 6) is 0.252. The Kier molecular flexibility index (Phi) is 4.55. The number of Topliss-reactive ketones (excluding diaryl/α,β-unsaturated/α-hetero) is 1. The molecule has 124 valence electrons. The van der Waals surface area contributed by atoms with E-state index in [1.807, 2.05) is 30.3 Å². The maximum atomic E-state index is 13.2. The molecule has 0 spiro atoms. The minimum absolute atomic E-state index is 0.00537. The molecule has 2 aliphatic rings. The molecule has 4 rings (SSSR count). The zero-order valence-electron chi connectivity index (χ0n) is 13.7. The Morgan fingerprint density at radius 3 is 2.29 bits per heavy atom. The zero-order chi connectivity index (χ0) is 16.5. The Bertz CT molecular complexity index is 724. The van der Waals surface area contributed by atoms with Crippen LogP contribution in [-0.2, 0) is 0 Å². The van der Waals surface area contributed by atoms with Crippen LogP contribution in [0.3, 0.4) is 0 Å². The maximum absolute atomic E-state index is 13.2. The molecule has 2 aromatic rings. The average Bonchev–Trinajstić information content (AvgIpc) is 3.39. The summed E-state index contributed by atoms with van der Waals surface area (Å²) in [6.45, 7) is 0. The Hall–Kier alpha value is -1.45. The Labute approximate surface area is 152 Å². The van der Waals surface area contributed by atoms with Crippen LogP contribution < -0.4 is 0 Å². The van der Waals surface area contributed by atoms with Crippen LogP contribution in [0.1, 0.15) is 54.1 Å². The van der Waals surface area contributed by atoms with E-state index in [4.69, 9.17) is 0 Å². The quantitative estimate of drug-likeness (QED) is 0.520. The molecule has 1 saturated heterocycles. The molecule has 0 amide bonds. The molecule has 1 heterocycles. The molecule has 1 aliphatic heterocycles. The van der Waals surface area contributed by atoms with Gasteiger partial charge < -0.3 is 0 Å². The van der Waals surface area contributed by atoms with Crippen LogP contribution >= 0.6 is 15.9 Å². The molecule has 2 nitrogen and oxygen atoms in total. The second-order valence-electron chi connectivity index (χ2n) is 6.88. The monoisotopic (exact) mass is 383 g/mol. The first-order valence-corrected chi connectivity index (χ1v) is 9.68. The van der Waals surface area contributed by atoms with Gasteiger partial charge in [-0.3, -0.25) is 9.69 Å². The van der Waals surface area contributed by atoms with Crippen molar-refractivity contribution in [2.45, 2.75) is 50.2 Å². The van der Waals surface area contributed by atoms with Crippen molar-refractivity contribution >= 4 is 21.7 Å². The van der Waals surface area contributed by atoms with Crippen molar-refractivity contribution in [2.24, 2.45) is 0 Å². The van der Waals surface area contributed by atoms with Crippen LogP contribution in [0, 0.1) is 0 Å². The highest BCUT2D eigenvalue weighted by Crippen LogP contribution is 2.49. The van der Waals surface area contributed by atoms with Gasteiger partial charge in [-0.1, -0.05) is 83.7 Å². The van der Waals surface area contributed by atoms with Gasteiger partial charge in [0, 0.05) is 16.1 Å². The van der Waals surface area contributed by atoms with Crippen molar-refractivity contribution in [2.75, 3.05) is 0 Å². The third-order valence-corrected chi connectivity index (χ3v) is 6.09. The fraction of sp³-hybridized carbons (Fsp3) is 0.381. The van der Waals surface area contributed by atoms with E-state index in [1.165, 1.54) is 37.7 Å². The number of benzene rings is 2. The lowest BCUT2D eigenvalue weighted by molar-refractivity contribution is 0.0962. The van der Waals surface area contributed by atoms with Gasteiger partial charge in [0.25, 0.3) is 0 Å². The van der Waals surface area contributed by atoms with Crippen LogP contribution in [0.5, 0.6) is 0 Å². The van der Waals surface area contributed by atoms with Gasteiger partial charge in [0.05, 0.1) is 12.1 Å². The third-order valence-electron chi connectivity index (χ3n) is 5.40. The second kappa shape index (κ2) is 6.81. The van der Waals surface area contributed by atoms with Gasteiger partial charge in [-0.2, -0.15) is 0 Å². The number of halogens is 1. The van der Waals surface area contributed by atoms with Crippen molar-refractivity contribution in [1.82, 2.24) is 4.90 Å². The summed E-state index contributed by atoms with van der Waals surface area (Å²) in [4.78, 5) is 15.7. The smallest absolute Gasteiger partial charge is 0.183 e. The molecule has 1 aliphatic carbocycles. The Morgan fingerprint density at radius 2 is 1.58 bits per heavy atom. The first-order valence-electron chi connectivity index (χ1n) is 8.88. The van der Waals surface area contributed by atoms with Crippen LogP contribution in [0.4, 0.5) is 0 Å². The van der Waals surface area contributed by atoms with Crippen molar-refractivity contribution in [1.29, 1.82) is 0 Å². The molecular weight excluding hydrogens is 362 g/mol. The van der Waals surface area contributed by atoms with Gasteiger partial charge >= 0.3 is 0 Å². The maximum Gasteiger partial charge on any atom is 0.183 e. The van der Waals surface area contributed by atoms with Crippen molar-refractivity contribution in [3.8, 4) is 0 Å². The van der Waals surface area contributed by atoms with Crippen LogP contribution in [-0.4, -0.2) is 22.8 Å². The Balaban J connectivity index is 1.64. The summed E-state index contributed by atoms with van der Waals surface area (Å²) in [5.41, 5.74) is 2.08. The van der Waals surface area contributed by atoms with E-state index in [0.717, 1.165) is 10.0 Å². The number of carbonyl (C=O) groups excluding carboxylic acids is 1. The number of hydrogen-bond acceptors (Lipinski definition) is 2. The van der Waals surface area contributed by atoms with Gasteiger partial charge in [0.15, 0.2) is 5.78 Å². The van der Waals surface area contributed by atoms with E-state index >= 15 is 0 Å². The number of carbonyl (C=O) groups is 1. The van der Waals surface area contributed by atoms with E-state index in [-0.39, 0.29) is 17.9 Å². The molecule has 1 unspecified atom stereocenters. The minimum Gasteiger partial charge on any atom is -0.292 e. The molecule has 0 N–H and O–H groups in total. The largest absolute Gasteiger partial charge is 0.292 e. The molecule has 2 fully saturated rings. The first kappa shape index (κ1) is 16.0. The number of ketones is 1. The highest BCUT2D eigenvalue weighted by atomic mass is 79.9. The van der Waals surface area contributed by atoms with E-state index in [2.05, 4.69) is 45.1 Å². The predicted octanol–water partition coefficient (Wildman–Crippen LogP) is 5.39. The first-order chi connectivity index (χ1) is 11.8. The molecule has 0 bridgehead atoms. The van der Waals surface area contributed by atoms with E-state index < -0.39 is 0 Å². The van der Waals surface area contributed by atoms with Gasteiger partial charge in [0.2, 0.25) is 0 Å².